The second-order valence-corrected chi connectivity index (χ2v) is 24.2. The average Bonchev–Trinajstić information content (AvgIpc) is 3.80. The number of thiophene rings is 2. The van der Waals surface area contributed by atoms with Gasteiger partial charge in [0.1, 0.15) is 48.2 Å². The number of carbonyl (C=O) groups is 4. The number of fused-ring (bicyclic) bond motifs is 6. The molecular formula is C58H70F8N2O12S2. The molecule has 0 radical (unpaired) electrons. The number of hydrogen-bond acceptors (Lipinski definition) is 14. The fourth-order valence-electron chi connectivity index (χ4n) is 12.6. The number of carboxylic acid groups (broad SMARTS) is 2. The molecular weight excluding hydrogens is 1130 g/mol. The van der Waals surface area contributed by atoms with Crippen molar-refractivity contribution in [2.75, 3.05) is 65.6 Å². The molecule has 2 N–H and O–H groups in total. The average molecular weight is 1200 g/mol. The van der Waals surface area contributed by atoms with Crippen molar-refractivity contribution in [3.05, 3.63) is 105 Å². The molecule has 8 aliphatic rings. The first-order chi connectivity index (χ1) is 38.9. The fraction of sp³-hybridized carbons (Fsp3) is 0.586. The van der Waals surface area contributed by atoms with Gasteiger partial charge in [-0.2, -0.15) is 26.3 Å². The van der Waals surface area contributed by atoms with Crippen LogP contribution in [0.1, 0.15) is 99.6 Å². The number of esters is 2. The normalized spacial score (nSPS) is 25.6. The molecule has 2 aliphatic carbocycles. The summed E-state index contributed by atoms with van der Waals surface area (Å²) in [5.41, 5.74) is -3.05. The lowest BCUT2D eigenvalue weighted by molar-refractivity contribution is -0.946. The molecule has 82 heavy (non-hydrogen) atoms. The maximum atomic E-state index is 13.5. The van der Waals surface area contributed by atoms with Gasteiger partial charge in [-0.05, 0) is 97.1 Å². The third-order valence-electron chi connectivity index (χ3n) is 17.1. The van der Waals surface area contributed by atoms with E-state index in [9.17, 15) is 54.9 Å². The summed E-state index contributed by atoms with van der Waals surface area (Å²) in [6, 6.07) is 19.8. The third-order valence-corrected chi connectivity index (χ3v) is 19.1. The number of aliphatic hydroxyl groups is 2. The van der Waals surface area contributed by atoms with Gasteiger partial charge in [0, 0.05) is 72.0 Å². The number of alkyl halides is 6. The molecule has 0 amide bonds. The largest absolute Gasteiger partial charge is 0.542 e. The highest BCUT2D eigenvalue weighted by molar-refractivity contribution is 7.10. The summed E-state index contributed by atoms with van der Waals surface area (Å²) in [5, 5.41) is 44.8. The number of carboxylic acids is 2. The fourth-order valence-corrected chi connectivity index (χ4v) is 14.4. The van der Waals surface area contributed by atoms with Crippen LogP contribution in [0.15, 0.2) is 83.6 Å². The Balaban J connectivity index is 0.000000192. The zero-order valence-corrected chi connectivity index (χ0v) is 46.9. The monoisotopic (exact) mass is 1200 g/mol. The summed E-state index contributed by atoms with van der Waals surface area (Å²) >= 11 is 2.89. The third kappa shape index (κ3) is 16.5. The van der Waals surface area contributed by atoms with E-state index in [2.05, 4.69) is 0 Å². The van der Waals surface area contributed by atoms with Crippen LogP contribution >= 0.6 is 22.7 Å². The number of rotatable bonds is 18. The van der Waals surface area contributed by atoms with Crippen molar-refractivity contribution >= 4 is 46.6 Å². The van der Waals surface area contributed by atoms with E-state index in [0.717, 1.165) is 151 Å². The predicted molar refractivity (Wildman–Crippen MR) is 280 cm³/mol. The van der Waals surface area contributed by atoms with Crippen LogP contribution in [-0.2, 0) is 39.9 Å². The van der Waals surface area contributed by atoms with Crippen molar-refractivity contribution in [3.63, 3.8) is 0 Å². The van der Waals surface area contributed by atoms with Gasteiger partial charge in [0.05, 0.1) is 52.5 Å². The minimum Gasteiger partial charge on any atom is -0.542 e. The standard InChI is InChI=1S/2C27H35FNO4S.2C2HF3O2/c2*28-22-8-10-23(11-9-22)32-17-4-14-29-15-12-20(13-16-29)24(19-29)33-26(30)27(31,21-5-1-2-6-21)25-7-3-18-34-25;2*3-2(4,5)1(6)7/h2*3,7-11,18,20-21,24,31H,1-2,4-6,12-17,19H2;2*(H,6,7)/q2*+1;;/p-2/t2*20?,24-,27+,29?;;/m00../s1. The Hall–Kier alpha value is -5.40. The molecule has 2 aromatic carbocycles. The number of ether oxygens (including phenoxy) is 4. The van der Waals surface area contributed by atoms with E-state index in [1.165, 1.54) is 46.9 Å². The molecule has 2 saturated carbocycles. The number of nitrogens with zero attached hydrogens (tertiary/aromatic N) is 2. The number of halogens is 8. The molecule has 4 aromatic rings. The van der Waals surface area contributed by atoms with Crippen LogP contribution in [0.25, 0.3) is 0 Å². The first kappa shape index (κ1) is 64.2. The van der Waals surface area contributed by atoms with Crippen molar-refractivity contribution < 1.29 is 103 Å². The molecule has 24 heteroatoms. The lowest BCUT2D eigenvalue weighted by Gasteiger charge is -2.52. The van der Waals surface area contributed by atoms with E-state index < -0.39 is 47.4 Å². The van der Waals surface area contributed by atoms with Gasteiger partial charge in [-0.1, -0.05) is 37.8 Å². The van der Waals surface area contributed by atoms with Gasteiger partial charge < -0.3 is 57.9 Å². The molecule has 6 saturated heterocycles. The molecule has 2 aromatic heterocycles. The maximum Gasteiger partial charge on any atom is 0.430 e. The molecule has 0 unspecified atom stereocenters. The number of carbonyl (C=O) groups excluding carboxylic acids is 4. The minimum absolute atomic E-state index is 0.0634. The van der Waals surface area contributed by atoms with Crippen LogP contribution in [0.3, 0.4) is 0 Å². The van der Waals surface area contributed by atoms with Crippen LogP contribution in [0.2, 0.25) is 0 Å². The first-order valence-corrected chi connectivity index (χ1v) is 29.6. The van der Waals surface area contributed by atoms with Crippen molar-refractivity contribution in [1.82, 2.24) is 0 Å². The topological polar surface area (TPSA) is 192 Å². The highest BCUT2D eigenvalue weighted by Gasteiger charge is 2.55. The van der Waals surface area contributed by atoms with Gasteiger partial charge in [0.15, 0.2) is 23.4 Å². The molecule has 4 bridgehead atoms. The number of piperidine rings is 6. The van der Waals surface area contributed by atoms with E-state index >= 15 is 0 Å². The van der Waals surface area contributed by atoms with Gasteiger partial charge in [0.2, 0.25) is 0 Å². The van der Waals surface area contributed by atoms with Crippen LogP contribution in [-0.4, -0.2) is 133 Å². The lowest BCUT2D eigenvalue weighted by Crippen LogP contribution is -2.65. The first-order valence-electron chi connectivity index (χ1n) is 27.8. The molecule has 452 valence electrons. The summed E-state index contributed by atoms with van der Waals surface area (Å²) in [4.78, 5) is 46.0. The zero-order valence-electron chi connectivity index (χ0n) is 45.2. The summed E-state index contributed by atoms with van der Waals surface area (Å²) in [6.07, 6.45) is 3.01. The van der Waals surface area contributed by atoms with Gasteiger partial charge >= 0.3 is 24.3 Å². The second-order valence-electron chi connectivity index (χ2n) is 22.3. The zero-order chi connectivity index (χ0) is 59.4. The summed E-state index contributed by atoms with van der Waals surface area (Å²) in [5.74, 6) is -5.42. The van der Waals surface area contributed by atoms with E-state index in [0.29, 0.717) is 46.3 Å². The highest BCUT2D eigenvalue weighted by atomic mass is 32.1. The summed E-state index contributed by atoms with van der Waals surface area (Å²) in [6.45, 7) is 9.16. The number of aliphatic carboxylic acids is 2. The van der Waals surface area contributed by atoms with Crippen LogP contribution in [0.4, 0.5) is 35.1 Å². The van der Waals surface area contributed by atoms with Gasteiger partial charge in [0.25, 0.3) is 0 Å². The van der Waals surface area contributed by atoms with Crippen LogP contribution in [0, 0.1) is 35.3 Å². The Kier molecular flexibility index (Phi) is 21.9. The van der Waals surface area contributed by atoms with E-state index in [1.807, 2.05) is 35.0 Å². The predicted octanol–water partition coefficient (Wildman–Crippen LogP) is 8.37. The highest BCUT2D eigenvalue weighted by Crippen LogP contribution is 2.47. The molecule has 0 spiro atoms. The maximum absolute atomic E-state index is 13.5. The quantitative estimate of drug-likeness (QED) is 0.0420. The Morgan fingerprint density at radius 1 is 0.524 bits per heavy atom. The number of benzene rings is 2. The number of quaternary nitrogens is 2. The molecule has 12 rings (SSSR count). The molecule has 4 atom stereocenters. The molecule has 6 aliphatic heterocycles. The number of hydrogen-bond donors (Lipinski definition) is 2. The van der Waals surface area contributed by atoms with Gasteiger partial charge in [-0.3, -0.25) is 0 Å². The van der Waals surface area contributed by atoms with Crippen molar-refractivity contribution in [2.24, 2.45) is 23.7 Å². The van der Waals surface area contributed by atoms with Gasteiger partial charge in [-0.25, -0.2) is 18.4 Å². The van der Waals surface area contributed by atoms with Crippen molar-refractivity contribution in [1.29, 1.82) is 0 Å². The molecule has 14 nitrogen and oxygen atoms in total. The van der Waals surface area contributed by atoms with Gasteiger partial charge in [-0.15, -0.1) is 22.7 Å². The Morgan fingerprint density at radius 2 is 0.841 bits per heavy atom. The minimum atomic E-state index is -5.19. The van der Waals surface area contributed by atoms with Crippen molar-refractivity contribution in [3.8, 4) is 11.5 Å². The Labute approximate surface area is 478 Å². The summed E-state index contributed by atoms with van der Waals surface area (Å²) in [7, 11) is 0. The smallest absolute Gasteiger partial charge is 0.430 e. The van der Waals surface area contributed by atoms with E-state index in [4.69, 9.17) is 38.7 Å². The summed E-state index contributed by atoms with van der Waals surface area (Å²) < 4.78 is 115. The molecule has 8 heterocycles. The second kappa shape index (κ2) is 28.0. The van der Waals surface area contributed by atoms with Crippen LogP contribution < -0.4 is 19.7 Å². The Bertz CT molecular complexity index is 2470. The van der Waals surface area contributed by atoms with Crippen molar-refractivity contribution in [2.45, 2.75) is 126 Å². The molecule has 8 fully saturated rings. The lowest BCUT2D eigenvalue weighted by atomic mass is 9.82. The SMILES string of the molecule is O=C(O[C@H]1C[N+]2(CCCOc3ccc(F)cc3)CCC1CC2)[C@](O)(c1cccs1)C1CCCC1.O=C(O[C@H]1C[N+]2(CCCOc3ccc(F)cc3)CCC1CC2)[C@](O)(c1cccs1)C1CCCC1.O=C([O-])C(F)(F)F.O=C([O-])C(F)(F)F. The van der Waals surface area contributed by atoms with Crippen LogP contribution in [0.5, 0.6) is 11.5 Å². The van der Waals surface area contributed by atoms with E-state index in [-0.39, 0.29) is 35.7 Å². The van der Waals surface area contributed by atoms with E-state index in [1.54, 1.807) is 24.3 Å². The Morgan fingerprint density at radius 3 is 1.12 bits per heavy atom.